The first-order valence-electron chi connectivity index (χ1n) is 6.64. The molecule has 0 aromatic heterocycles. The first-order valence-corrected chi connectivity index (χ1v) is 8.49. The van der Waals surface area contributed by atoms with E-state index >= 15 is 0 Å². The molecule has 0 aromatic carbocycles. The molecule has 1 rings (SSSR count). The van der Waals surface area contributed by atoms with Crippen LogP contribution in [0.5, 0.6) is 0 Å². The van der Waals surface area contributed by atoms with E-state index in [-0.39, 0.29) is 0 Å². The first-order chi connectivity index (χ1) is 8.47. The largest absolute Gasteiger partial charge is 0.383 e. The predicted octanol–water partition coefficient (Wildman–Crippen LogP) is 0.673. The van der Waals surface area contributed by atoms with Crippen LogP contribution in [-0.2, 0) is 14.8 Å². The number of piperidine rings is 1. The van der Waals surface area contributed by atoms with Crippen molar-refractivity contribution in [1.29, 1.82) is 0 Å². The van der Waals surface area contributed by atoms with Crippen LogP contribution < -0.4 is 5.32 Å². The molecule has 1 aliphatic heterocycles. The molecule has 2 unspecified atom stereocenters. The van der Waals surface area contributed by atoms with Gasteiger partial charge in [-0.2, -0.15) is 0 Å². The fraction of sp³-hybridized carbons (Fsp3) is 1.00. The number of rotatable bonds is 7. The van der Waals surface area contributed by atoms with Crippen molar-refractivity contribution in [3.63, 3.8) is 0 Å². The number of likely N-dealkylation sites (N-methyl/N-ethyl adjacent to an activating group) is 1. The molecule has 108 valence electrons. The molecule has 1 saturated heterocycles. The van der Waals surface area contributed by atoms with Gasteiger partial charge in [-0.3, -0.25) is 0 Å². The number of methoxy groups -OCH3 is 1. The summed E-state index contributed by atoms with van der Waals surface area (Å²) < 4.78 is 29.9. The standard InChI is InChI=1S/C12H26N2O3S/c1-4-13-12(10-17-2)8-11-6-5-7-14(9-11)18(3,15)16/h11-13H,4-10H2,1-3H3. The van der Waals surface area contributed by atoms with E-state index in [0.29, 0.717) is 31.7 Å². The average molecular weight is 278 g/mol. The predicted molar refractivity (Wildman–Crippen MR) is 73.1 cm³/mol. The Morgan fingerprint density at radius 3 is 2.78 bits per heavy atom. The summed E-state index contributed by atoms with van der Waals surface area (Å²) in [7, 11) is -1.34. The van der Waals surface area contributed by atoms with Gasteiger partial charge in [0, 0.05) is 26.2 Å². The molecule has 0 spiro atoms. The smallest absolute Gasteiger partial charge is 0.211 e. The van der Waals surface area contributed by atoms with Crippen molar-refractivity contribution in [1.82, 2.24) is 9.62 Å². The summed E-state index contributed by atoms with van der Waals surface area (Å²) in [4.78, 5) is 0. The number of nitrogens with one attached hydrogen (secondary N) is 1. The second kappa shape index (κ2) is 7.43. The zero-order chi connectivity index (χ0) is 13.6. The SMILES string of the molecule is CCNC(COC)CC1CCCN(S(C)(=O)=O)C1. The molecule has 18 heavy (non-hydrogen) atoms. The molecule has 0 aliphatic carbocycles. The average Bonchev–Trinajstić information content (AvgIpc) is 2.29. The Morgan fingerprint density at radius 1 is 1.50 bits per heavy atom. The Balaban J connectivity index is 2.50. The molecule has 0 bridgehead atoms. The highest BCUT2D eigenvalue weighted by Gasteiger charge is 2.27. The lowest BCUT2D eigenvalue weighted by Crippen LogP contribution is -2.42. The van der Waals surface area contributed by atoms with Gasteiger partial charge in [0.05, 0.1) is 12.9 Å². The Bertz CT molecular complexity index is 326. The van der Waals surface area contributed by atoms with E-state index in [1.807, 2.05) is 0 Å². The second-order valence-electron chi connectivity index (χ2n) is 5.07. The molecule has 6 heteroatoms. The number of hydrogen-bond acceptors (Lipinski definition) is 4. The topological polar surface area (TPSA) is 58.6 Å². The molecule has 0 amide bonds. The maximum atomic E-state index is 11.6. The number of hydrogen-bond donors (Lipinski definition) is 1. The lowest BCUT2D eigenvalue weighted by Gasteiger charge is -2.33. The van der Waals surface area contributed by atoms with E-state index < -0.39 is 10.0 Å². The van der Waals surface area contributed by atoms with Gasteiger partial charge in [-0.15, -0.1) is 0 Å². The quantitative estimate of drug-likeness (QED) is 0.744. The van der Waals surface area contributed by atoms with Crippen LogP contribution in [0.2, 0.25) is 0 Å². The fourth-order valence-corrected chi connectivity index (χ4v) is 3.57. The molecular formula is C12H26N2O3S. The maximum Gasteiger partial charge on any atom is 0.211 e. The lowest BCUT2D eigenvalue weighted by atomic mass is 9.92. The van der Waals surface area contributed by atoms with Gasteiger partial charge < -0.3 is 10.1 Å². The summed E-state index contributed by atoms with van der Waals surface area (Å²) >= 11 is 0. The molecule has 1 fully saturated rings. The Labute approximate surface area is 111 Å². The second-order valence-corrected chi connectivity index (χ2v) is 7.06. The third-order valence-electron chi connectivity index (χ3n) is 3.43. The Morgan fingerprint density at radius 2 is 2.22 bits per heavy atom. The van der Waals surface area contributed by atoms with Crippen LogP contribution in [0, 0.1) is 5.92 Å². The minimum Gasteiger partial charge on any atom is -0.383 e. The summed E-state index contributed by atoms with van der Waals surface area (Å²) in [5, 5.41) is 3.39. The van der Waals surface area contributed by atoms with Crippen molar-refractivity contribution in [2.24, 2.45) is 5.92 Å². The number of nitrogens with zero attached hydrogens (tertiary/aromatic N) is 1. The molecule has 5 nitrogen and oxygen atoms in total. The number of sulfonamides is 1. The molecule has 0 aromatic rings. The van der Waals surface area contributed by atoms with Gasteiger partial charge in [-0.05, 0) is 31.7 Å². The van der Waals surface area contributed by atoms with E-state index in [2.05, 4.69) is 12.2 Å². The zero-order valence-electron chi connectivity index (χ0n) is 11.7. The van der Waals surface area contributed by atoms with Crippen LogP contribution in [0.15, 0.2) is 0 Å². The highest BCUT2D eigenvalue weighted by atomic mass is 32.2. The third-order valence-corrected chi connectivity index (χ3v) is 4.70. The van der Waals surface area contributed by atoms with Gasteiger partial charge in [-0.1, -0.05) is 6.92 Å². The first kappa shape index (κ1) is 15.9. The van der Waals surface area contributed by atoms with Crippen molar-refractivity contribution >= 4 is 10.0 Å². The van der Waals surface area contributed by atoms with E-state index in [1.165, 1.54) is 6.26 Å². The minimum atomic E-state index is -3.04. The van der Waals surface area contributed by atoms with Crippen LogP contribution in [0.25, 0.3) is 0 Å². The molecule has 2 atom stereocenters. The van der Waals surface area contributed by atoms with Crippen LogP contribution in [0.1, 0.15) is 26.2 Å². The van der Waals surface area contributed by atoms with E-state index in [1.54, 1.807) is 11.4 Å². The molecular weight excluding hydrogens is 252 g/mol. The molecule has 1 N–H and O–H groups in total. The van der Waals surface area contributed by atoms with Crippen LogP contribution in [0.4, 0.5) is 0 Å². The maximum absolute atomic E-state index is 11.6. The van der Waals surface area contributed by atoms with Crippen LogP contribution >= 0.6 is 0 Å². The zero-order valence-corrected chi connectivity index (χ0v) is 12.5. The minimum absolute atomic E-state index is 0.324. The van der Waals surface area contributed by atoms with E-state index in [4.69, 9.17) is 4.74 Å². The summed E-state index contributed by atoms with van der Waals surface area (Å²) in [6.45, 7) is 5.00. The normalized spacial score (nSPS) is 24.1. The molecule has 1 aliphatic rings. The van der Waals surface area contributed by atoms with E-state index in [0.717, 1.165) is 25.8 Å². The van der Waals surface area contributed by atoms with Gasteiger partial charge in [0.2, 0.25) is 10.0 Å². The summed E-state index contributed by atoms with van der Waals surface area (Å²) in [6, 6.07) is 0.324. The van der Waals surface area contributed by atoms with Crippen molar-refractivity contribution < 1.29 is 13.2 Å². The van der Waals surface area contributed by atoms with Gasteiger partial charge in [0.15, 0.2) is 0 Å². The fourth-order valence-electron chi connectivity index (χ4n) is 2.62. The van der Waals surface area contributed by atoms with Crippen molar-refractivity contribution in [2.75, 3.05) is 39.6 Å². The van der Waals surface area contributed by atoms with Crippen LogP contribution in [-0.4, -0.2) is 58.4 Å². The van der Waals surface area contributed by atoms with Gasteiger partial charge in [-0.25, -0.2) is 12.7 Å². The Hall–Kier alpha value is -0.170. The van der Waals surface area contributed by atoms with Gasteiger partial charge >= 0.3 is 0 Å². The monoisotopic (exact) mass is 278 g/mol. The van der Waals surface area contributed by atoms with Crippen molar-refractivity contribution in [3.05, 3.63) is 0 Å². The number of ether oxygens (including phenoxy) is 1. The molecule has 0 saturated carbocycles. The lowest BCUT2D eigenvalue weighted by molar-refractivity contribution is 0.144. The third kappa shape index (κ3) is 5.22. The highest BCUT2D eigenvalue weighted by Crippen LogP contribution is 2.22. The molecule has 1 heterocycles. The van der Waals surface area contributed by atoms with Gasteiger partial charge in [0.1, 0.15) is 0 Å². The summed E-state index contributed by atoms with van der Waals surface area (Å²) in [6.07, 6.45) is 4.35. The van der Waals surface area contributed by atoms with Crippen LogP contribution in [0.3, 0.4) is 0 Å². The van der Waals surface area contributed by atoms with Gasteiger partial charge in [0.25, 0.3) is 0 Å². The van der Waals surface area contributed by atoms with Crippen molar-refractivity contribution in [2.45, 2.75) is 32.2 Å². The summed E-state index contributed by atoms with van der Waals surface area (Å²) in [5.74, 6) is 0.438. The van der Waals surface area contributed by atoms with Crippen molar-refractivity contribution in [3.8, 4) is 0 Å². The summed E-state index contributed by atoms with van der Waals surface area (Å²) in [5.41, 5.74) is 0. The highest BCUT2D eigenvalue weighted by molar-refractivity contribution is 7.88. The Kier molecular flexibility index (Phi) is 6.55. The van der Waals surface area contributed by atoms with E-state index in [9.17, 15) is 8.42 Å². The molecule has 0 radical (unpaired) electrons.